The van der Waals surface area contributed by atoms with Crippen LogP contribution in [0, 0.1) is 5.82 Å². The molecule has 1 aromatic rings. The van der Waals surface area contributed by atoms with E-state index in [1.54, 1.807) is 6.07 Å². The van der Waals surface area contributed by atoms with Crippen LogP contribution < -0.4 is 5.73 Å². The Morgan fingerprint density at radius 1 is 1.39 bits per heavy atom. The van der Waals surface area contributed by atoms with E-state index >= 15 is 0 Å². The first kappa shape index (κ1) is 13.7. The molecule has 1 saturated heterocycles. The van der Waals surface area contributed by atoms with E-state index in [9.17, 15) is 4.39 Å². The lowest BCUT2D eigenvalue weighted by molar-refractivity contribution is 0.132. The molecule has 0 spiro atoms. The quantitative estimate of drug-likeness (QED) is 0.917. The summed E-state index contributed by atoms with van der Waals surface area (Å²) in [5.74, 6) is -0.390. The summed E-state index contributed by atoms with van der Waals surface area (Å²) in [6.45, 7) is 3.69. The van der Waals surface area contributed by atoms with Crippen LogP contribution in [-0.2, 0) is 4.74 Å². The normalized spacial score (nSPS) is 19.5. The Hall–Kier alpha value is -0.680. The van der Waals surface area contributed by atoms with Crippen molar-refractivity contribution < 1.29 is 9.13 Å². The summed E-state index contributed by atoms with van der Waals surface area (Å²) in [7, 11) is 0. The van der Waals surface area contributed by atoms with Gasteiger partial charge in [-0.05, 0) is 24.1 Å². The molecule has 0 radical (unpaired) electrons. The van der Waals surface area contributed by atoms with Crippen LogP contribution in [0.1, 0.15) is 18.0 Å². The minimum Gasteiger partial charge on any atom is -0.380 e. The number of benzene rings is 1. The maximum absolute atomic E-state index is 13.5. The van der Waals surface area contributed by atoms with Gasteiger partial charge in [0.05, 0.1) is 11.6 Å². The molecule has 0 aromatic heterocycles. The number of ether oxygens (including phenoxy) is 1. The predicted octanol–water partition coefficient (Wildman–Crippen LogP) is 2.20. The molecule has 0 saturated carbocycles. The van der Waals surface area contributed by atoms with E-state index in [1.165, 1.54) is 6.07 Å². The highest BCUT2D eigenvalue weighted by Gasteiger charge is 2.21. The van der Waals surface area contributed by atoms with E-state index < -0.39 is 5.82 Å². The second-order valence-corrected chi connectivity index (χ2v) is 4.83. The first-order chi connectivity index (χ1) is 8.72. The van der Waals surface area contributed by atoms with Crippen molar-refractivity contribution in [2.75, 3.05) is 32.8 Å². The Balaban J connectivity index is 2.17. The van der Waals surface area contributed by atoms with Crippen LogP contribution in [0.4, 0.5) is 4.39 Å². The van der Waals surface area contributed by atoms with Crippen LogP contribution in [0.5, 0.6) is 0 Å². The van der Waals surface area contributed by atoms with Crippen LogP contribution in [0.15, 0.2) is 18.2 Å². The van der Waals surface area contributed by atoms with Gasteiger partial charge < -0.3 is 10.5 Å². The highest BCUT2D eigenvalue weighted by Crippen LogP contribution is 2.24. The highest BCUT2D eigenvalue weighted by atomic mass is 35.5. The van der Waals surface area contributed by atoms with Crippen LogP contribution in [-0.4, -0.2) is 37.7 Å². The zero-order valence-corrected chi connectivity index (χ0v) is 11.0. The molecule has 1 aromatic carbocycles. The van der Waals surface area contributed by atoms with Gasteiger partial charge in [0.25, 0.3) is 0 Å². The fourth-order valence-corrected chi connectivity index (χ4v) is 2.41. The third kappa shape index (κ3) is 3.20. The van der Waals surface area contributed by atoms with Gasteiger partial charge in [0.1, 0.15) is 5.82 Å². The first-order valence-corrected chi connectivity index (χ1v) is 6.57. The van der Waals surface area contributed by atoms with Gasteiger partial charge in [-0.2, -0.15) is 0 Å². The number of halogens is 2. The molecule has 2 N–H and O–H groups in total. The predicted molar refractivity (Wildman–Crippen MR) is 70.2 cm³/mol. The first-order valence-electron chi connectivity index (χ1n) is 6.19. The molecule has 1 aliphatic rings. The van der Waals surface area contributed by atoms with Crippen LogP contribution in [0.2, 0.25) is 5.02 Å². The molecule has 1 atom stereocenters. The third-order valence-electron chi connectivity index (χ3n) is 3.25. The number of nitrogens with two attached hydrogens (primary N) is 1. The van der Waals surface area contributed by atoms with Crippen molar-refractivity contribution in [1.29, 1.82) is 0 Å². The molecule has 0 bridgehead atoms. The van der Waals surface area contributed by atoms with Crippen molar-refractivity contribution in [3.63, 3.8) is 0 Å². The standard InChI is InChI=1S/C13H18ClFN2O/c14-11-3-2-10(8-12(11)15)13(9-16)17-4-1-6-18-7-5-17/h2-3,8,13H,1,4-7,9,16H2. The van der Waals surface area contributed by atoms with Crippen molar-refractivity contribution in [3.8, 4) is 0 Å². The second-order valence-electron chi connectivity index (χ2n) is 4.43. The lowest BCUT2D eigenvalue weighted by Crippen LogP contribution is -2.35. The van der Waals surface area contributed by atoms with E-state index in [4.69, 9.17) is 22.1 Å². The van der Waals surface area contributed by atoms with Crippen molar-refractivity contribution >= 4 is 11.6 Å². The maximum Gasteiger partial charge on any atom is 0.142 e. The molecule has 0 amide bonds. The molecule has 1 unspecified atom stereocenters. The highest BCUT2D eigenvalue weighted by molar-refractivity contribution is 6.30. The Morgan fingerprint density at radius 2 is 2.22 bits per heavy atom. The van der Waals surface area contributed by atoms with Gasteiger partial charge in [-0.15, -0.1) is 0 Å². The van der Waals surface area contributed by atoms with Gasteiger partial charge in [0, 0.05) is 32.3 Å². The maximum atomic E-state index is 13.5. The summed E-state index contributed by atoms with van der Waals surface area (Å²) in [4.78, 5) is 2.25. The molecular weight excluding hydrogens is 255 g/mol. The summed E-state index contributed by atoms with van der Waals surface area (Å²) >= 11 is 5.70. The summed E-state index contributed by atoms with van der Waals surface area (Å²) in [6, 6.07) is 4.93. The van der Waals surface area contributed by atoms with Gasteiger partial charge in [-0.25, -0.2) is 4.39 Å². The summed E-state index contributed by atoms with van der Waals surface area (Å²) < 4.78 is 18.9. The molecule has 5 heteroatoms. The second kappa shape index (κ2) is 6.48. The molecule has 1 aliphatic heterocycles. The topological polar surface area (TPSA) is 38.5 Å². The summed E-state index contributed by atoms with van der Waals surface area (Å²) in [5, 5.41) is 0.147. The molecule has 100 valence electrons. The van der Waals surface area contributed by atoms with Crippen LogP contribution in [0.3, 0.4) is 0 Å². The minimum absolute atomic E-state index is 0.0264. The fourth-order valence-electron chi connectivity index (χ4n) is 2.29. The fraction of sp³-hybridized carbons (Fsp3) is 0.538. The molecule has 2 rings (SSSR count). The largest absolute Gasteiger partial charge is 0.380 e. The lowest BCUT2D eigenvalue weighted by Gasteiger charge is -2.29. The van der Waals surface area contributed by atoms with Gasteiger partial charge in [-0.3, -0.25) is 4.90 Å². The molecule has 1 heterocycles. The van der Waals surface area contributed by atoms with Gasteiger partial charge >= 0.3 is 0 Å². The van der Waals surface area contributed by atoms with Gasteiger partial charge in [0.2, 0.25) is 0 Å². The van der Waals surface area contributed by atoms with E-state index in [1.807, 2.05) is 6.07 Å². The third-order valence-corrected chi connectivity index (χ3v) is 3.56. The number of nitrogens with zero attached hydrogens (tertiary/aromatic N) is 1. The van der Waals surface area contributed by atoms with E-state index in [0.717, 1.165) is 31.7 Å². The minimum atomic E-state index is -0.390. The molecule has 3 nitrogen and oxygen atoms in total. The Morgan fingerprint density at radius 3 is 2.94 bits per heavy atom. The Bertz CT molecular complexity index is 395. The lowest BCUT2D eigenvalue weighted by atomic mass is 10.0. The van der Waals surface area contributed by atoms with Gasteiger partial charge in [-0.1, -0.05) is 17.7 Å². The zero-order valence-electron chi connectivity index (χ0n) is 10.2. The monoisotopic (exact) mass is 272 g/mol. The van der Waals surface area contributed by atoms with Crippen LogP contribution >= 0.6 is 11.6 Å². The van der Waals surface area contributed by atoms with E-state index in [0.29, 0.717) is 13.2 Å². The summed E-state index contributed by atoms with van der Waals surface area (Å²) in [5.41, 5.74) is 6.71. The molecule has 18 heavy (non-hydrogen) atoms. The van der Waals surface area contributed by atoms with Crippen molar-refractivity contribution in [1.82, 2.24) is 4.90 Å². The number of hydrogen-bond acceptors (Lipinski definition) is 3. The average molecular weight is 273 g/mol. The molecule has 0 aliphatic carbocycles. The SMILES string of the molecule is NCC(c1ccc(Cl)c(F)c1)N1CCCOCC1. The number of rotatable bonds is 3. The van der Waals surface area contributed by atoms with Crippen molar-refractivity contribution in [2.45, 2.75) is 12.5 Å². The summed E-state index contributed by atoms with van der Waals surface area (Å²) in [6.07, 6.45) is 0.979. The average Bonchev–Trinajstić information content (AvgIpc) is 2.64. The van der Waals surface area contributed by atoms with Crippen LogP contribution in [0.25, 0.3) is 0 Å². The molecular formula is C13H18ClFN2O. The number of hydrogen-bond donors (Lipinski definition) is 1. The van der Waals surface area contributed by atoms with Crippen molar-refractivity contribution in [3.05, 3.63) is 34.6 Å². The smallest absolute Gasteiger partial charge is 0.142 e. The zero-order chi connectivity index (χ0) is 13.0. The van der Waals surface area contributed by atoms with Crippen molar-refractivity contribution in [2.24, 2.45) is 5.73 Å². The Kier molecular flexibility index (Phi) is 4.95. The Labute approximate surface area is 112 Å². The van der Waals surface area contributed by atoms with Gasteiger partial charge in [0.15, 0.2) is 0 Å². The van der Waals surface area contributed by atoms with E-state index in [2.05, 4.69) is 4.90 Å². The van der Waals surface area contributed by atoms with E-state index in [-0.39, 0.29) is 11.1 Å². The molecule has 1 fully saturated rings.